The van der Waals surface area contributed by atoms with Crippen molar-refractivity contribution in [2.24, 2.45) is 5.92 Å². The number of alkyl halides is 3. The lowest BCUT2D eigenvalue weighted by atomic mass is 9.96. The smallest absolute Gasteiger partial charge is 0.381 e. The van der Waals surface area contributed by atoms with Crippen LogP contribution < -0.4 is 5.32 Å². The van der Waals surface area contributed by atoms with Gasteiger partial charge in [-0.05, 0) is 70.0 Å². The van der Waals surface area contributed by atoms with Gasteiger partial charge in [0, 0.05) is 31.3 Å². The minimum absolute atomic E-state index is 0.107. The van der Waals surface area contributed by atoms with Crippen LogP contribution in [0.3, 0.4) is 0 Å². The lowest BCUT2D eigenvalue weighted by molar-refractivity contribution is -0.141. The molecule has 3 fully saturated rings. The van der Waals surface area contributed by atoms with Crippen LogP contribution in [-0.2, 0) is 20.9 Å². The maximum atomic E-state index is 13.3. The third-order valence-corrected chi connectivity index (χ3v) is 8.72. The Morgan fingerprint density at radius 2 is 1.77 bits per heavy atom. The van der Waals surface area contributed by atoms with Gasteiger partial charge < -0.3 is 10.1 Å². The Morgan fingerprint density at radius 1 is 1.13 bits per heavy atom. The zero-order valence-electron chi connectivity index (χ0n) is 17.0. The normalized spacial score (nSPS) is 28.7. The van der Waals surface area contributed by atoms with Crippen LogP contribution in [0.1, 0.15) is 49.9 Å². The molecule has 0 saturated carbocycles. The third-order valence-electron chi connectivity index (χ3n) is 6.59. The summed E-state index contributed by atoms with van der Waals surface area (Å²) in [6.45, 7) is 3.85. The second-order valence-electron chi connectivity index (χ2n) is 8.63. The number of pyridine rings is 1. The summed E-state index contributed by atoms with van der Waals surface area (Å²) in [7, 11) is -3.89. The number of piperidine rings is 1. The van der Waals surface area contributed by atoms with Crippen LogP contribution in [0.2, 0.25) is 0 Å². The minimum Gasteiger partial charge on any atom is -0.381 e. The molecule has 0 aromatic carbocycles. The maximum absolute atomic E-state index is 13.3. The van der Waals surface area contributed by atoms with Gasteiger partial charge in [-0.2, -0.15) is 17.5 Å². The Kier molecular flexibility index (Phi) is 6.13. The second kappa shape index (κ2) is 8.37. The molecule has 3 atom stereocenters. The van der Waals surface area contributed by atoms with Crippen molar-refractivity contribution < 1.29 is 26.3 Å². The highest BCUT2D eigenvalue weighted by molar-refractivity contribution is 7.89. The molecule has 30 heavy (non-hydrogen) atoms. The van der Waals surface area contributed by atoms with E-state index in [4.69, 9.17) is 4.74 Å². The Morgan fingerprint density at radius 3 is 2.33 bits per heavy atom. The Hall–Kier alpha value is -1.23. The van der Waals surface area contributed by atoms with E-state index in [1.165, 1.54) is 11.2 Å². The Bertz CT molecular complexity index is 858. The summed E-state index contributed by atoms with van der Waals surface area (Å²) >= 11 is 0. The highest BCUT2D eigenvalue weighted by Crippen LogP contribution is 2.40. The lowest BCUT2D eigenvalue weighted by Crippen LogP contribution is -2.52. The highest BCUT2D eigenvalue weighted by atomic mass is 32.2. The number of fused-ring (bicyclic) bond motifs is 2. The molecule has 3 saturated heterocycles. The van der Waals surface area contributed by atoms with E-state index in [2.05, 4.69) is 10.3 Å². The standard InChI is InChI=1S/C20H28F3N3O3S/c1-13-18(4-5-19(25-13)20(21,22)23)30(27,28)26-16-2-3-17(26)11-15(10-16)24-12-14-6-8-29-9-7-14/h4-5,14-17,24H,2-3,6-12H2,1H3/t15-,16-,17+. The monoisotopic (exact) mass is 447 g/mol. The first-order chi connectivity index (χ1) is 14.2. The molecular formula is C20H28F3N3O3S. The van der Waals surface area contributed by atoms with E-state index in [9.17, 15) is 21.6 Å². The summed E-state index contributed by atoms with van der Waals surface area (Å²) in [6.07, 6.45) is 0.526. The Balaban J connectivity index is 1.46. The number of aromatic nitrogens is 1. The van der Waals surface area contributed by atoms with E-state index in [-0.39, 0.29) is 28.7 Å². The van der Waals surface area contributed by atoms with Gasteiger partial charge in [-0.25, -0.2) is 13.4 Å². The molecule has 0 unspecified atom stereocenters. The van der Waals surface area contributed by atoms with Gasteiger partial charge in [0.05, 0.1) is 5.69 Å². The van der Waals surface area contributed by atoms with Gasteiger partial charge in [-0.1, -0.05) is 0 Å². The van der Waals surface area contributed by atoms with Crippen LogP contribution in [0, 0.1) is 12.8 Å². The quantitative estimate of drug-likeness (QED) is 0.751. The number of hydrogen-bond acceptors (Lipinski definition) is 5. The molecule has 1 aromatic rings. The first kappa shape index (κ1) is 22.0. The molecule has 1 N–H and O–H groups in total. The van der Waals surface area contributed by atoms with E-state index in [1.807, 2.05) is 0 Å². The zero-order chi connectivity index (χ0) is 21.5. The van der Waals surface area contributed by atoms with Crippen molar-refractivity contribution in [3.8, 4) is 0 Å². The van der Waals surface area contributed by atoms with E-state index < -0.39 is 21.9 Å². The fourth-order valence-electron chi connectivity index (χ4n) is 5.07. The Labute approximate surface area is 175 Å². The molecule has 3 aliphatic heterocycles. The van der Waals surface area contributed by atoms with Crippen molar-refractivity contribution in [2.45, 2.75) is 74.6 Å². The molecule has 0 amide bonds. The molecule has 6 nitrogen and oxygen atoms in total. The molecule has 2 bridgehead atoms. The van der Waals surface area contributed by atoms with E-state index in [1.54, 1.807) is 0 Å². The molecule has 4 rings (SSSR count). The third kappa shape index (κ3) is 4.37. The van der Waals surface area contributed by atoms with Gasteiger partial charge in [0.25, 0.3) is 0 Å². The van der Waals surface area contributed by atoms with Crippen molar-refractivity contribution in [3.63, 3.8) is 0 Å². The molecule has 10 heteroatoms. The van der Waals surface area contributed by atoms with Crippen LogP contribution in [-0.4, -0.2) is 55.6 Å². The highest BCUT2D eigenvalue weighted by Gasteiger charge is 2.47. The number of halogens is 3. The average molecular weight is 448 g/mol. The minimum atomic E-state index is -4.60. The molecule has 3 aliphatic rings. The molecule has 4 heterocycles. The van der Waals surface area contributed by atoms with E-state index in [0.717, 1.165) is 70.4 Å². The summed E-state index contributed by atoms with van der Waals surface area (Å²) in [6, 6.07) is 1.83. The number of nitrogens with zero attached hydrogens (tertiary/aromatic N) is 2. The van der Waals surface area contributed by atoms with Crippen molar-refractivity contribution in [1.29, 1.82) is 0 Å². The number of nitrogens with one attached hydrogen (secondary N) is 1. The summed E-state index contributed by atoms with van der Waals surface area (Å²) in [5, 5.41) is 3.62. The summed E-state index contributed by atoms with van der Waals surface area (Å²) in [5.41, 5.74) is -1.18. The van der Waals surface area contributed by atoms with Crippen LogP contribution >= 0.6 is 0 Å². The molecule has 0 aliphatic carbocycles. The average Bonchev–Trinajstić information content (AvgIpc) is 2.98. The van der Waals surface area contributed by atoms with Gasteiger partial charge in [0.1, 0.15) is 10.6 Å². The van der Waals surface area contributed by atoms with E-state index >= 15 is 0 Å². The van der Waals surface area contributed by atoms with Crippen molar-refractivity contribution in [1.82, 2.24) is 14.6 Å². The molecule has 168 valence electrons. The van der Waals surface area contributed by atoms with Crippen molar-refractivity contribution in [3.05, 3.63) is 23.5 Å². The van der Waals surface area contributed by atoms with Crippen LogP contribution in [0.25, 0.3) is 0 Å². The molecule has 0 radical (unpaired) electrons. The number of ether oxygens (including phenoxy) is 1. The van der Waals surface area contributed by atoms with Crippen molar-refractivity contribution in [2.75, 3.05) is 19.8 Å². The van der Waals surface area contributed by atoms with Gasteiger partial charge >= 0.3 is 6.18 Å². The predicted molar refractivity (Wildman–Crippen MR) is 104 cm³/mol. The molecular weight excluding hydrogens is 419 g/mol. The van der Waals surface area contributed by atoms with Crippen LogP contribution in [0.4, 0.5) is 13.2 Å². The van der Waals surface area contributed by atoms with Gasteiger partial charge in [-0.3, -0.25) is 0 Å². The number of hydrogen-bond donors (Lipinski definition) is 1. The topological polar surface area (TPSA) is 71.5 Å². The van der Waals surface area contributed by atoms with Crippen LogP contribution in [0.15, 0.2) is 17.0 Å². The first-order valence-corrected chi connectivity index (χ1v) is 12.0. The van der Waals surface area contributed by atoms with Crippen molar-refractivity contribution >= 4 is 10.0 Å². The van der Waals surface area contributed by atoms with Gasteiger partial charge in [-0.15, -0.1) is 0 Å². The number of rotatable bonds is 5. The zero-order valence-corrected chi connectivity index (χ0v) is 17.8. The molecule has 0 spiro atoms. The largest absolute Gasteiger partial charge is 0.433 e. The van der Waals surface area contributed by atoms with Gasteiger partial charge in [0.2, 0.25) is 10.0 Å². The predicted octanol–water partition coefficient (Wildman–Crippen LogP) is 3.11. The fourth-order valence-corrected chi connectivity index (χ4v) is 7.12. The SMILES string of the molecule is Cc1nc(C(F)(F)F)ccc1S(=O)(=O)N1[C@@H]2CC[C@H]1C[C@H](NCC1CCOCC1)C2. The first-order valence-electron chi connectivity index (χ1n) is 10.6. The maximum Gasteiger partial charge on any atom is 0.433 e. The number of aryl methyl sites for hydroxylation is 1. The molecule has 1 aromatic heterocycles. The van der Waals surface area contributed by atoms with E-state index in [0.29, 0.717) is 5.92 Å². The fraction of sp³-hybridized carbons (Fsp3) is 0.750. The second-order valence-corrected chi connectivity index (χ2v) is 10.4. The number of sulfonamides is 1. The van der Waals surface area contributed by atoms with Gasteiger partial charge in [0.15, 0.2) is 0 Å². The summed E-state index contributed by atoms with van der Waals surface area (Å²) < 4.78 is 72.3. The summed E-state index contributed by atoms with van der Waals surface area (Å²) in [4.78, 5) is 3.39. The lowest BCUT2D eigenvalue weighted by Gasteiger charge is -2.39. The van der Waals surface area contributed by atoms with Crippen LogP contribution in [0.5, 0.6) is 0 Å². The summed E-state index contributed by atoms with van der Waals surface area (Å²) in [5.74, 6) is 0.596.